The number of imide groups is 1. The van der Waals surface area contributed by atoms with E-state index in [1.54, 1.807) is 69.5 Å². The number of hydrogen-bond acceptors (Lipinski definition) is 7. The van der Waals surface area contributed by atoms with Gasteiger partial charge in [-0.15, -0.1) is 0 Å². The SMILES string of the molecule is COc1ccc(C=C2SC(=O)N(CCNC(=O)C(NS(=O)(=O)c3ccccc3)C(C)C)C2=O)cc1. The van der Waals surface area contributed by atoms with Gasteiger partial charge in [0.1, 0.15) is 11.8 Å². The molecule has 3 rings (SSSR count). The molecule has 3 amide bonds. The maximum absolute atomic E-state index is 12.7. The summed E-state index contributed by atoms with van der Waals surface area (Å²) >= 11 is 0.825. The summed E-state index contributed by atoms with van der Waals surface area (Å²) < 4.78 is 32.8. The van der Waals surface area contributed by atoms with Crippen molar-refractivity contribution < 1.29 is 27.5 Å². The summed E-state index contributed by atoms with van der Waals surface area (Å²) in [5.41, 5.74) is 0.745. The molecule has 2 aromatic carbocycles. The van der Waals surface area contributed by atoms with Crippen molar-refractivity contribution in [3.05, 3.63) is 65.1 Å². The van der Waals surface area contributed by atoms with Crippen molar-refractivity contribution in [2.75, 3.05) is 20.2 Å². The van der Waals surface area contributed by atoms with Gasteiger partial charge in [-0.1, -0.05) is 44.2 Å². The van der Waals surface area contributed by atoms with Gasteiger partial charge in [-0.25, -0.2) is 8.42 Å². The highest BCUT2D eigenvalue weighted by atomic mass is 32.2. The summed E-state index contributed by atoms with van der Waals surface area (Å²) in [5, 5.41) is 2.19. The van der Waals surface area contributed by atoms with E-state index in [2.05, 4.69) is 10.0 Å². The number of benzene rings is 2. The van der Waals surface area contributed by atoms with E-state index in [9.17, 15) is 22.8 Å². The Balaban J connectivity index is 1.59. The van der Waals surface area contributed by atoms with E-state index in [-0.39, 0.29) is 28.8 Å². The Labute approximate surface area is 209 Å². The first-order chi connectivity index (χ1) is 16.6. The molecule has 9 nitrogen and oxygen atoms in total. The molecular weight excluding hydrogens is 490 g/mol. The fourth-order valence-electron chi connectivity index (χ4n) is 3.27. The second-order valence-electron chi connectivity index (χ2n) is 8.05. The topological polar surface area (TPSA) is 122 Å². The van der Waals surface area contributed by atoms with Gasteiger partial charge in [0.05, 0.1) is 16.9 Å². The van der Waals surface area contributed by atoms with Gasteiger partial charge in [-0.3, -0.25) is 19.3 Å². The van der Waals surface area contributed by atoms with E-state index in [1.165, 1.54) is 12.1 Å². The Bertz CT molecular complexity index is 1210. The fraction of sp³-hybridized carbons (Fsp3) is 0.292. The van der Waals surface area contributed by atoms with Crippen LogP contribution in [-0.2, 0) is 19.6 Å². The predicted octanol–water partition coefficient (Wildman–Crippen LogP) is 2.85. The molecule has 2 aromatic rings. The summed E-state index contributed by atoms with van der Waals surface area (Å²) in [6.07, 6.45) is 1.62. The molecular formula is C24H27N3O6S2. The molecule has 0 aliphatic carbocycles. The first-order valence-electron chi connectivity index (χ1n) is 10.9. The number of thioether (sulfide) groups is 1. The van der Waals surface area contributed by atoms with Gasteiger partial charge in [-0.2, -0.15) is 4.72 Å². The number of nitrogens with zero attached hydrogens (tertiary/aromatic N) is 1. The molecule has 2 N–H and O–H groups in total. The average molecular weight is 518 g/mol. The number of methoxy groups -OCH3 is 1. The third-order valence-electron chi connectivity index (χ3n) is 5.21. The minimum absolute atomic E-state index is 0.0109. The van der Waals surface area contributed by atoms with Crippen molar-refractivity contribution in [3.63, 3.8) is 0 Å². The van der Waals surface area contributed by atoms with Crippen LogP contribution in [0.2, 0.25) is 0 Å². The van der Waals surface area contributed by atoms with Gasteiger partial charge in [0.2, 0.25) is 15.9 Å². The van der Waals surface area contributed by atoms with Crippen LogP contribution in [0, 0.1) is 5.92 Å². The minimum Gasteiger partial charge on any atom is -0.497 e. The van der Waals surface area contributed by atoms with Crippen LogP contribution in [0.3, 0.4) is 0 Å². The summed E-state index contributed by atoms with van der Waals surface area (Å²) in [4.78, 5) is 39.2. The number of ether oxygens (including phenoxy) is 1. The smallest absolute Gasteiger partial charge is 0.293 e. The molecule has 0 radical (unpaired) electrons. The standard InChI is InChI=1S/C24H27N3O6S2/c1-16(2)21(26-35(31,32)19-7-5-4-6-8-19)22(28)25-13-14-27-23(29)20(34-24(27)30)15-17-9-11-18(33-3)12-10-17/h4-12,15-16,21,26H,13-14H2,1-3H3,(H,25,28). The Morgan fingerprint density at radius 3 is 2.34 bits per heavy atom. The van der Waals surface area contributed by atoms with E-state index in [1.807, 2.05) is 0 Å². The van der Waals surface area contributed by atoms with E-state index in [4.69, 9.17) is 4.74 Å². The lowest BCUT2D eigenvalue weighted by molar-refractivity contribution is -0.125. The highest BCUT2D eigenvalue weighted by Gasteiger charge is 2.35. The largest absolute Gasteiger partial charge is 0.497 e. The van der Waals surface area contributed by atoms with Crippen molar-refractivity contribution in [2.45, 2.75) is 24.8 Å². The molecule has 0 bridgehead atoms. The Kier molecular flexibility index (Phi) is 8.71. The van der Waals surface area contributed by atoms with Gasteiger partial charge >= 0.3 is 0 Å². The van der Waals surface area contributed by atoms with Crippen LogP contribution in [0.5, 0.6) is 5.75 Å². The van der Waals surface area contributed by atoms with Crippen LogP contribution in [0.4, 0.5) is 4.79 Å². The van der Waals surface area contributed by atoms with Crippen LogP contribution in [-0.4, -0.2) is 56.6 Å². The minimum atomic E-state index is -3.90. The van der Waals surface area contributed by atoms with Crippen LogP contribution >= 0.6 is 11.8 Å². The normalized spacial score (nSPS) is 16.1. The van der Waals surface area contributed by atoms with Crippen LogP contribution in [0.25, 0.3) is 6.08 Å². The summed E-state index contributed by atoms with van der Waals surface area (Å²) in [7, 11) is -2.34. The highest BCUT2D eigenvalue weighted by molar-refractivity contribution is 8.18. The Morgan fingerprint density at radius 1 is 1.09 bits per heavy atom. The first kappa shape index (κ1) is 26.5. The molecule has 1 aliphatic rings. The number of hydrogen-bond donors (Lipinski definition) is 2. The predicted molar refractivity (Wildman–Crippen MR) is 134 cm³/mol. The molecule has 1 aliphatic heterocycles. The molecule has 35 heavy (non-hydrogen) atoms. The zero-order chi connectivity index (χ0) is 25.6. The lowest BCUT2D eigenvalue weighted by atomic mass is 10.1. The lowest BCUT2D eigenvalue weighted by Crippen LogP contribution is -2.50. The molecule has 1 saturated heterocycles. The maximum atomic E-state index is 12.7. The number of carbonyl (C=O) groups is 3. The monoisotopic (exact) mass is 517 g/mol. The van der Waals surface area contributed by atoms with Crippen LogP contribution in [0.15, 0.2) is 64.4 Å². The quantitative estimate of drug-likeness (QED) is 0.465. The van der Waals surface area contributed by atoms with Crippen molar-refractivity contribution in [1.29, 1.82) is 0 Å². The maximum Gasteiger partial charge on any atom is 0.293 e. The number of rotatable bonds is 10. The lowest BCUT2D eigenvalue weighted by Gasteiger charge is -2.22. The Morgan fingerprint density at radius 2 is 1.74 bits per heavy atom. The van der Waals surface area contributed by atoms with E-state index >= 15 is 0 Å². The van der Waals surface area contributed by atoms with Gasteiger partial charge in [-0.05, 0) is 53.6 Å². The first-order valence-corrected chi connectivity index (χ1v) is 13.2. The van der Waals surface area contributed by atoms with Crippen molar-refractivity contribution >= 4 is 44.9 Å². The van der Waals surface area contributed by atoms with Gasteiger partial charge in [0.15, 0.2) is 0 Å². The molecule has 186 valence electrons. The molecule has 0 aromatic heterocycles. The fourth-order valence-corrected chi connectivity index (χ4v) is 5.50. The second-order valence-corrected chi connectivity index (χ2v) is 10.8. The van der Waals surface area contributed by atoms with Crippen molar-refractivity contribution in [1.82, 2.24) is 14.9 Å². The zero-order valence-corrected chi connectivity index (χ0v) is 21.2. The number of nitrogens with one attached hydrogen (secondary N) is 2. The molecule has 1 heterocycles. The number of carbonyl (C=O) groups excluding carboxylic acids is 3. The van der Waals surface area contributed by atoms with Crippen LogP contribution in [0.1, 0.15) is 19.4 Å². The van der Waals surface area contributed by atoms with Crippen molar-refractivity contribution in [3.8, 4) is 5.75 Å². The van der Waals surface area contributed by atoms with Crippen LogP contribution < -0.4 is 14.8 Å². The van der Waals surface area contributed by atoms with Crippen molar-refractivity contribution in [2.24, 2.45) is 5.92 Å². The van der Waals surface area contributed by atoms with E-state index in [0.29, 0.717) is 5.75 Å². The zero-order valence-electron chi connectivity index (χ0n) is 19.6. The van der Waals surface area contributed by atoms with E-state index < -0.39 is 33.1 Å². The summed E-state index contributed by atoms with van der Waals surface area (Å²) in [6, 6.07) is 13.8. The van der Waals surface area contributed by atoms with Gasteiger partial charge in [0, 0.05) is 13.1 Å². The summed E-state index contributed by atoms with van der Waals surface area (Å²) in [6.45, 7) is 3.39. The third kappa shape index (κ3) is 6.71. The molecule has 1 fully saturated rings. The molecule has 1 unspecified atom stereocenters. The number of amides is 3. The van der Waals surface area contributed by atoms with Gasteiger partial charge < -0.3 is 10.1 Å². The molecule has 1 atom stereocenters. The highest BCUT2D eigenvalue weighted by Crippen LogP contribution is 2.32. The molecule has 0 spiro atoms. The molecule has 11 heteroatoms. The van der Waals surface area contributed by atoms with E-state index in [0.717, 1.165) is 22.2 Å². The second kappa shape index (κ2) is 11.5. The summed E-state index contributed by atoms with van der Waals surface area (Å²) in [5.74, 6) is -0.648. The average Bonchev–Trinajstić information content (AvgIpc) is 3.10. The van der Waals surface area contributed by atoms with Gasteiger partial charge in [0.25, 0.3) is 11.1 Å². The third-order valence-corrected chi connectivity index (χ3v) is 7.57. The number of sulfonamides is 1. The Hall–Kier alpha value is -3.15. The molecule has 0 saturated carbocycles.